The lowest BCUT2D eigenvalue weighted by Gasteiger charge is -2.08. The molecular weight excluding hydrogens is 332 g/mol. The Balaban J connectivity index is 1.67. The molecule has 6 heteroatoms. The maximum atomic E-state index is 12.1. The molecule has 1 N–H and O–H groups in total. The molecule has 0 unspecified atom stereocenters. The number of carbonyl (C=O) groups excluding carboxylic acids is 2. The minimum atomic E-state index is -0.195. The van der Waals surface area contributed by atoms with E-state index in [-0.39, 0.29) is 11.9 Å². The van der Waals surface area contributed by atoms with Crippen molar-refractivity contribution in [3.63, 3.8) is 0 Å². The van der Waals surface area contributed by atoms with Crippen LogP contribution >= 0.6 is 0 Å². The molecule has 2 rings (SSSR count). The highest BCUT2D eigenvalue weighted by Crippen LogP contribution is 2.14. The van der Waals surface area contributed by atoms with Crippen molar-refractivity contribution in [2.24, 2.45) is 0 Å². The molecule has 138 valence electrons. The summed E-state index contributed by atoms with van der Waals surface area (Å²) in [6.45, 7) is 1.02. The molecular formula is C20H24N2O4. The fourth-order valence-corrected chi connectivity index (χ4v) is 2.33. The molecule has 1 heterocycles. The normalized spacial score (nSPS) is 10.2. The van der Waals surface area contributed by atoms with Crippen molar-refractivity contribution in [3.8, 4) is 5.75 Å². The van der Waals surface area contributed by atoms with Crippen LogP contribution < -0.4 is 10.1 Å². The first-order valence-electron chi connectivity index (χ1n) is 8.66. The summed E-state index contributed by atoms with van der Waals surface area (Å²) in [4.78, 5) is 27.1. The Kier molecular flexibility index (Phi) is 8.12. The van der Waals surface area contributed by atoms with E-state index in [1.165, 1.54) is 7.11 Å². The molecule has 1 aromatic heterocycles. The van der Waals surface area contributed by atoms with Gasteiger partial charge in [-0.2, -0.15) is 0 Å². The van der Waals surface area contributed by atoms with Crippen molar-refractivity contribution in [2.75, 3.05) is 13.7 Å². The maximum Gasteiger partial charge on any atom is 0.305 e. The summed E-state index contributed by atoms with van der Waals surface area (Å²) >= 11 is 0. The van der Waals surface area contributed by atoms with E-state index in [0.717, 1.165) is 24.8 Å². The summed E-state index contributed by atoms with van der Waals surface area (Å²) in [5.74, 6) is 0.393. The molecule has 0 fully saturated rings. The van der Waals surface area contributed by atoms with Gasteiger partial charge in [0.2, 0.25) is 0 Å². The molecule has 2 aromatic rings. The minimum Gasteiger partial charge on any atom is -0.489 e. The monoisotopic (exact) mass is 356 g/mol. The van der Waals surface area contributed by atoms with Gasteiger partial charge in [-0.15, -0.1) is 0 Å². The molecule has 0 atom stereocenters. The summed E-state index contributed by atoms with van der Waals surface area (Å²) in [5.41, 5.74) is 1.58. The molecule has 0 aliphatic rings. The summed E-state index contributed by atoms with van der Waals surface area (Å²) in [6.07, 6.45) is 6.37. The van der Waals surface area contributed by atoms with Gasteiger partial charge in [0.25, 0.3) is 5.91 Å². The average molecular weight is 356 g/mol. The van der Waals surface area contributed by atoms with E-state index >= 15 is 0 Å². The van der Waals surface area contributed by atoms with Crippen LogP contribution in [0.25, 0.3) is 0 Å². The molecule has 1 aromatic carbocycles. The topological polar surface area (TPSA) is 77.5 Å². The van der Waals surface area contributed by atoms with Crippen LogP contribution in [0.3, 0.4) is 0 Å². The Morgan fingerprint density at radius 2 is 1.88 bits per heavy atom. The highest BCUT2D eigenvalue weighted by molar-refractivity contribution is 5.94. The lowest BCUT2D eigenvalue weighted by molar-refractivity contribution is -0.140. The van der Waals surface area contributed by atoms with Gasteiger partial charge in [-0.25, -0.2) is 0 Å². The first-order valence-corrected chi connectivity index (χ1v) is 8.66. The number of carbonyl (C=O) groups is 2. The SMILES string of the molecule is COC(=O)CCCCCNC(=O)c1ccc(OCc2cccnc2)cc1. The van der Waals surface area contributed by atoms with Gasteiger partial charge in [0.15, 0.2) is 0 Å². The van der Waals surface area contributed by atoms with Crippen molar-refractivity contribution in [1.82, 2.24) is 10.3 Å². The van der Waals surface area contributed by atoms with E-state index in [1.807, 2.05) is 12.1 Å². The van der Waals surface area contributed by atoms with E-state index in [4.69, 9.17) is 4.74 Å². The molecule has 0 aliphatic carbocycles. The predicted molar refractivity (Wildman–Crippen MR) is 97.8 cm³/mol. The number of hydrogen-bond acceptors (Lipinski definition) is 5. The van der Waals surface area contributed by atoms with Crippen LogP contribution in [0.1, 0.15) is 41.6 Å². The zero-order chi connectivity index (χ0) is 18.6. The third-order valence-corrected chi connectivity index (χ3v) is 3.82. The average Bonchev–Trinajstić information content (AvgIpc) is 2.69. The van der Waals surface area contributed by atoms with Crippen LogP contribution in [-0.4, -0.2) is 30.5 Å². The van der Waals surface area contributed by atoms with Crippen molar-refractivity contribution in [1.29, 1.82) is 0 Å². The number of hydrogen-bond donors (Lipinski definition) is 1. The van der Waals surface area contributed by atoms with Crippen LogP contribution in [0, 0.1) is 0 Å². The highest BCUT2D eigenvalue weighted by atomic mass is 16.5. The lowest BCUT2D eigenvalue weighted by atomic mass is 10.2. The number of pyridine rings is 1. The quantitative estimate of drug-likeness (QED) is 0.523. The van der Waals surface area contributed by atoms with E-state index in [1.54, 1.807) is 36.7 Å². The van der Waals surface area contributed by atoms with Gasteiger partial charge in [0.1, 0.15) is 12.4 Å². The van der Waals surface area contributed by atoms with Gasteiger partial charge < -0.3 is 14.8 Å². The third-order valence-electron chi connectivity index (χ3n) is 3.82. The fourth-order valence-electron chi connectivity index (χ4n) is 2.33. The zero-order valence-electron chi connectivity index (χ0n) is 14.9. The fraction of sp³-hybridized carbons (Fsp3) is 0.350. The molecule has 0 bridgehead atoms. The van der Waals surface area contributed by atoms with Crippen LogP contribution in [0.15, 0.2) is 48.8 Å². The molecule has 6 nitrogen and oxygen atoms in total. The summed E-state index contributed by atoms with van der Waals surface area (Å²) in [5, 5.41) is 2.87. The third kappa shape index (κ3) is 6.93. The van der Waals surface area contributed by atoms with Crippen molar-refractivity contribution < 1.29 is 19.1 Å². The van der Waals surface area contributed by atoms with Gasteiger partial charge in [-0.1, -0.05) is 12.5 Å². The van der Waals surface area contributed by atoms with E-state index in [9.17, 15) is 9.59 Å². The number of ether oxygens (including phenoxy) is 2. The van der Waals surface area contributed by atoms with Crippen LogP contribution in [-0.2, 0) is 16.1 Å². The largest absolute Gasteiger partial charge is 0.489 e. The second-order valence-corrected chi connectivity index (χ2v) is 5.82. The summed E-state index contributed by atoms with van der Waals surface area (Å²) in [6, 6.07) is 10.8. The summed E-state index contributed by atoms with van der Waals surface area (Å²) in [7, 11) is 1.39. The number of benzene rings is 1. The number of rotatable bonds is 10. The molecule has 0 aliphatic heterocycles. The number of nitrogens with one attached hydrogen (secondary N) is 1. The summed E-state index contributed by atoms with van der Waals surface area (Å²) < 4.78 is 10.3. The van der Waals surface area contributed by atoms with Crippen LogP contribution in [0.4, 0.5) is 0 Å². The van der Waals surface area contributed by atoms with E-state index in [0.29, 0.717) is 30.9 Å². The molecule has 1 amide bonds. The lowest BCUT2D eigenvalue weighted by Crippen LogP contribution is -2.24. The second-order valence-electron chi connectivity index (χ2n) is 5.82. The van der Waals surface area contributed by atoms with Crippen molar-refractivity contribution >= 4 is 11.9 Å². The van der Waals surface area contributed by atoms with Gasteiger partial charge in [0.05, 0.1) is 7.11 Å². The maximum absolute atomic E-state index is 12.1. The second kappa shape index (κ2) is 10.9. The number of methoxy groups -OCH3 is 1. The predicted octanol–water partition coefficient (Wildman–Crippen LogP) is 3.12. The zero-order valence-corrected chi connectivity index (χ0v) is 14.9. The van der Waals surface area contributed by atoms with Crippen molar-refractivity contribution in [3.05, 3.63) is 59.9 Å². The van der Waals surface area contributed by atoms with Crippen molar-refractivity contribution in [2.45, 2.75) is 32.3 Å². The Morgan fingerprint density at radius 3 is 2.58 bits per heavy atom. The van der Waals surface area contributed by atoms with Crippen LogP contribution in [0.2, 0.25) is 0 Å². The Morgan fingerprint density at radius 1 is 1.08 bits per heavy atom. The Hall–Kier alpha value is -2.89. The number of aromatic nitrogens is 1. The molecule has 0 saturated carbocycles. The first-order chi connectivity index (χ1) is 12.7. The van der Waals surface area contributed by atoms with E-state index < -0.39 is 0 Å². The Bertz CT molecular complexity index is 687. The Labute approximate surface area is 153 Å². The number of amides is 1. The van der Waals surface area contributed by atoms with Gasteiger partial charge in [-0.05, 0) is 43.2 Å². The molecule has 0 spiro atoms. The van der Waals surface area contributed by atoms with E-state index in [2.05, 4.69) is 15.0 Å². The highest BCUT2D eigenvalue weighted by Gasteiger charge is 2.05. The van der Waals surface area contributed by atoms with Gasteiger partial charge >= 0.3 is 5.97 Å². The number of esters is 1. The standard InChI is InChI=1S/C20H24N2O4/c1-25-19(23)7-3-2-4-13-22-20(24)17-8-10-18(11-9-17)26-15-16-6-5-12-21-14-16/h5-6,8-12,14H,2-4,7,13,15H2,1H3,(H,22,24). The number of nitrogens with zero attached hydrogens (tertiary/aromatic N) is 1. The molecule has 0 radical (unpaired) electrons. The molecule has 0 saturated heterocycles. The van der Waals surface area contributed by atoms with Crippen LogP contribution in [0.5, 0.6) is 5.75 Å². The van der Waals surface area contributed by atoms with Gasteiger partial charge in [-0.3, -0.25) is 14.6 Å². The smallest absolute Gasteiger partial charge is 0.305 e. The van der Waals surface area contributed by atoms with Gasteiger partial charge in [0, 0.05) is 36.5 Å². The first kappa shape index (κ1) is 19.4. The minimum absolute atomic E-state index is 0.114. The molecule has 26 heavy (non-hydrogen) atoms. The number of unbranched alkanes of at least 4 members (excludes halogenated alkanes) is 2.